The van der Waals surface area contributed by atoms with Crippen LogP contribution in [0.1, 0.15) is 10.4 Å². The first kappa shape index (κ1) is 20.5. The molecule has 0 bridgehead atoms. The van der Waals surface area contributed by atoms with Crippen LogP contribution in [0, 0.1) is 0 Å². The van der Waals surface area contributed by atoms with Crippen LogP contribution in [0.15, 0.2) is 42.5 Å². The summed E-state index contributed by atoms with van der Waals surface area (Å²) in [6, 6.07) is 10.2. The monoisotopic (exact) mass is 412 g/mol. The Balaban J connectivity index is 2.35. The van der Waals surface area contributed by atoms with Gasteiger partial charge in [0, 0.05) is 5.02 Å². The smallest absolute Gasteiger partial charge is 0.337 e. The summed E-state index contributed by atoms with van der Waals surface area (Å²) < 4.78 is 30.4. The number of methoxy groups -OCH3 is 1. The molecule has 2 aromatic carbocycles. The molecule has 0 atom stereocenters. The number of carboxylic acids is 1. The van der Waals surface area contributed by atoms with E-state index in [0.717, 1.165) is 10.6 Å². The van der Waals surface area contributed by atoms with Gasteiger partial charge in [-0.1, -0.05) is 23.7 Å². The highest BCUT2D eigenvalue weighted by molar-refractivity contribution is 7.92. The topological polar surface area (TPSA) is 113 Å². The van der Waals surface area contributed by atoms with E-state index in [1.54, 1.807) is 6.07 Å². The number of sulfonamides is 1. The molecule has 0 saturated heterocycles. The first-order valence-corrected chi connectivity index (χ1v) is 9.79. The molecule has 0 radical (unpaired) electrons. The first-order chi connectivity index (χ1) is 12.6. The summed E-state index contributed by atoms with van der Waals surface area (Å²) in [4.78, 5) is 23.7. The number of para-hydroxylation sites is 1. The molecule has 0 aliphatic heterocycles. The zero-order valence-electron chi connectivity index (χ0n) is 14.5. The molecular weight excluding hydrogens is 396 g/mol. The Hall–Kier alpha value is -2.78. The molecule has 8 nitrogen and oxygen atoms in total. The van der Waals surface area contributed by atoms with Gasteiger partial charge in [-0.2, -0.15) is 0 Å². The third-order valence-corrected chi connectivity index (χ3v) is 4.89. The number of carbonyl (C=O) groups is 2. The van der Waals surface area contributed by atoms with Gasteiger partial charge in [0.25, 0.3) is 0 Å². The average molecular weight is 413 g/mol. The third kappa shape index (κ3) is 5.11. The molecule has 2 aromatic rings. The summed E-state index contributed by atoms with van der Waals surface area (Å²) in [6.07, 6.45) is 0.936. The molecule has 0 spiro atoms. The van der Waals surface area contributed by atoms with Crippen molar-refractivity contribution in [3.05, 3.63) is 53.1 Å². The van der Waals surface area contributed by atoms with E-state index in [1.807, 2.05) is 0 Å². The lowest BCUT2D eigenvalue weighted by molar-refractivity contribution is -0.114. The third-order valence-electron chi connectivity index (χ3n) is 3.53. The highest BCUT2D eigenvalue weighted by Gasteiger charge is 2.25. The molecule has 2 rings (SSSR count). The molecule has 0 aromatic heterocycles. The fraction of sp³-hybridized carbons (Fsp3) is 0.176. The van der Waals surface area contributed by atoms with Crippen LogP contribution in [0.5, 0.6) is 5.75 Å². The minimum Gasteiger partial charge on any atom is -0.495 e. The van der Waals surface area contributed by atoms with Crippen molar-refractivity contribution < 1.29 is 27.9 Å². The molecule has 0 heterocycles. The Bertz CT molecular complexity index is 977. The number of hydrogen-bond acceptors (Lipinski definition) is 5. The highest BCUT2D eigenvalue weighted by atomic mass is 35.5. The van der Waals surface area contributed by atoms with Crippen molar-refractivity contribution in [1.29, 1.82) is 0 Å². The van der Waals surface area contributed by atoms with Crippen molar-refractivity contribution in [2.24, 2.45) is 0 Å². The fourth-order valence-corrected chi connectivity index (χ4v) is 3.36. The lowest BCUT2D eigenvalue weighted by Gasteiger charge is -2.24. The Morgan fingerprint density at radius 3 is 2.48 bits per heavy atom. The van der Waals surface area contributed by atoms with Crippen LogP contribution in [0.25, 0.3) is 0 Å². The van der Waals surface area contributed by atoms with Gasteiger partial charge < -0.3 is 15.2 Å². The van der Waals surface area contributed by atoms with Crippen LogP contribution in [-0.2, 0) is 14.8 Å². The van der Waals surface area contributed by atoms with E-state index in [-0.39, 0.29) is 27.7 Å². The average Bonchev–Trinajstić information content (AvgIpc) is 2.59. The van der Waals surface area contributed by atoms with Crippen molar-refractivity contribution >= 4 is 44.9 Å². The van der Waals surface area contributed by atoms with E-state index in [1.165, 1.54) is 43.5 Å². The maximum Gasteiger partial charge on any atom is 0.337 e. The van der Waals surface area contributed by atoms with E-state index in [4.69, 9.17) is 16.3 Å². The number of nitrogens with zero attached hydrogens (tertiary/aromatic N) is 1. The van der Waals surface area contributed by atoms with E-state index in [9.17, 15) is 23.1 Å². The maximum atomic E-state index is 12.4. The Morgan fingerprint density at radius 2 is 1.89 bits per heavy atom. The number of benzene rings is 2. The van der Waals surface area contributed by atoms with E-state index in [0.29, 0.717) is 0 Å². The van der Waals surface area contributed by atoms with E-state index < -0.39 is 28.4 Å². The summed E-state index contributed by atoms with van der Waals surface area (Å²) >= 11 is 5.95. The minimum absolute atomic E-state index is 0.0570. The van der Waals surface area contributed by atoms with Crippen molar-refractivity contribution in [3.63, 3.8) is 0 Å². The standard InChI is InChI=1S/C17H17ClN2O6S/c1-26-15-8-7-11(18)9-14(15)20(27(2,24)25)10-16(21)19-13-6-4-3-5-12(13)17(22)23/h3-9H,10H2,1-2H3,(H,19,21)(H,22,23). The molecule has 0 fully saturated rings. The largest absolute Gasteiger partial charge is 0.495 e. The van der Waals surface area contributed by atoms with Gasteiger partial charge in [0.2, 0.25) is 15.9 Å². The number of nitrogens with one attached hydrogen (secondary N) is 1. The number of aromatic carboxylic acids is 1. The second-order valence-corrected chi connectivity index (χ2v) is 7.83. The maximum absolute atomic E-state index is 12.4. The highest BCUT2D eigenvalue weighted by Crippen LogP contribution is 2.32. The van der Waals surface area contributed by atoms with Crippen LogP contribution >= 0.6 is 11.6 Å². The number of rotatable bonds is 7. The molecule has 10 heteroatoms. The van der Waals surface area contributed by atoms with Crippen LogP contribution in [-0.4, -0.2) is 45.3 Å². The number of amides is 1. The Kier molecular flexibility index (Phi) is 6.29. The van der Waals surface area contributed by atoms with Gasteiger partial charge in [-0.3, -0.25) is 9.10 Å². The molecule has 0 aliphatic carbocycles. The number of hydrogen-bond donors (Lipinski definition) is 2. The number of carbonyl (C=O) groups excluding carboxylic acids is 1. The van der Waals surface area contributed by atoms with Gasteiger partial charge in [-0.25, -0.2) is 13.2 Å². The summed E-state index contributed by atoms with van der Waals surface area (Å²) in [5.41, 5.74) is 0.0350. The lowest BCUT2D eigenvalue weighted by Crippen LogP contribution is -2.37. The van der Waals surface area contributed by atoms with Crippen LogP contribution < -0.4 is 14.4 Å². The number of halogens is 1. The van der Waals surface area contributed by atoms with Crippen LogP contribution in [0.3, 0.4) is 0 Å². The summed E-state index contributed by atoms with van der Waals surface area (Å²) in [5.74, 6) is -1.73. The second kappa shape index (κ2) is 8.28. The first-order valence-electron chi connectivity index (χ1n) is 7.57. The molecule has 1 amide bonds. The molecule has 0 saturated carbocycles. The predicted molar refractivity (Wildman–Crippen MR) is 102 cm³/mol. The SMILES string of the molecule is COc1ccc(Cl)cc1N(CC(=O)Nc1ccccc1C(=O)O)S(C)(=O)=O. The quantitative estimate of drug-likeness (QED) is 0.722. The van der Waals surface area contributed by atoms with Crippen molar-refractivity contribution in [3.8, 4) is 5.75 Å². The Morgan fingerprint density at radius 1 is 1.22 bits per heavy atom. The zero-order valence-corrected chi connectivity index (χ0v) is 16.0. The summed E-state index contributed by atoms with van der Waals surface area (Å²) in [7, 11) is -2.51. The molecule has 0 unspecified atom stereocenters. The van der Waals surface area contributed by atoms with Gasteiger partial charge in [-0.15, -0.1) is 0 Å². The van der Waals surface area contributed by atoms with Crippen molar-refractivity contribution in [2.75, 3.05) is 29.5 Å². The lowest BCUT2D eigenvalue weighted by atomic mass is 10.2. The molecule has 2 N–H and O–H groups in total. The van der Waals surface area contributed by atoms with Gasteiger partial charge in [-0.05, 0) is 30.3 Å². The van der Waals surface area contributed by atoms with Crippen molar-refractivity contribution in [1.82, 2.24) is 0 Å². The fourth-order valence-electron chi connectivity index (χ4n) is 2.34. The Labute approximate surface area is 161 Å². The van der Waals surface area contributed by atoms with Crippen molar-refractivity contribution in [2.45, 2.75) is 0 Å². The van der Waals surface area contributed by atoms with Crippen LogP contribution in [0.4, 0.5) is 11.4 Å². The second-order valence-electron chi connectivity index (χ2n) is 5.48. The normalized spacial score (nSPS) is 10.9. The summed E-state index contributed by atoms with van der Waals surface area (Å²) in [6.45, 7) is -0.594. The van der Waals surface area contributed by atoms with Gasteiger partial charge in [0.15, 0.2) is 0 Å². The minimum atomic E-state index is -3.86. The zero-order chi connectivity index (χ0) is 20.2. The van der Waals surface area contributed by atoms with E-state index in [2.05, 4.69) is 5.32 Å². The van der Waals surface area contributed by atoms with E-state index >= 15 is 0 Å². The number of ether oxygens (including phenoxy) is 1. The van der Waals surface area contributed by atoms with Crippen LogP contribution in [0.2, 0.25) is 5.02 Å². The molecule has 27 heavy (non-hydrogen) atoms. The predicted octanol–water partition coefficient (Wildman–Crippen LogP) is 2.45. The van der Waals surface area contributed by atoms with Gasteiger partial charge in [0.05, 0.1) is 30.3 Å². The number of anilines is 2. The van der Waals surface area contributed by atoms with Gasteiger partial charge in [0.1, 0.15) is 12.3 Å². The summed E-state index contributed by atoms with van der Waals surface area (Å²) in [5, 5.41) is 11.9. The van der Waals surface area contributed by atoms with Gasteiger partial charge >= 0.3 is 5.97 Å². The number of carboxylic acid groups (broad SMARTS) is 1. The molecular formula is C17H17ClN2O6S. The molecule has 144 valence electrons. The molecule has 0 aliphatic rings.